The van der Waals surface area contributed by atoms with Gasteiger partial charge in [-0.15, -0.1) is 0 Å². The van der Waals surface area contributed by atoms with Crippen molar-refractivity contribution in [2.75, 3.05) is 31.1 Å². The predicted molar refractivity (Wildman–Crippen MR) is 80.4 cm³/mol. The van der Waals surface area contributed by atoms with Crippen molar-refractivity contribution in [3.05, 3.63) is 23.4 Å². The first-order valence-electron chi connectivity index (χ1n) is 7.08. The molecule has 1 aliphatic rings. The molecule has 4 heteroatoms. The van der Waals surface area contributed by atoms with Crippen LogP contribution in [0.4, 0.5) is 5.82 Å². The molecular formula is C15H26N4. The van der Waals surface area contributed by atoms with Crippen LogP contribution >= 0.6 is 0 Å². The van der Waals surface area contributed by atoms with Crippen LogP contribution in [0.5, 0.6) is 0 Å². The van der Waals surface area contributed by atoms with Crippen molar-refractivity contribution in [2.45, 2.75) is 39.8 Å². The van der Waals surface area contributed by atoms with Gasteiger partial charge >= 0.3 is 0 Å². The summed E-state index contributed by atoms with van der Waals surface area (Å²) in [4.78, 5) is 9.54. The average molecular weight is 262 g/mol. The second kappa shape index (κ2) is 5.47. The number of hydrogen-bond donors (Lipinski definition) is 1. The standard InChI is InChI=1S/C15H26N4/c1-12-9-13(11-16)10-14(17-12)18-5-7-19(8-6-18)15(2,3)4/h9-10H,5-8,11,16H2,1-4H3. The van der Waals surface area contributed by atoms with E-state index in [-0.39, 0.29) is 5.54 Å². The fraction of sp³-hybridized carbons (Fsp3) is 0.667. The van der Waals surface area contributed by atoms with Gasteiger partial charge < -0.3 is 10.6 Å². The largest absolute Gasteiger partial charge is 0.354 e. The zero-order valence-corrected chi connectivity index (χ0v) is 12.6. The summed E-state index contributed by atoms with van der Waals surface area (Å²) in [6, 6.07) is 4.19. The van der Waals surface area contributed by atoms with Crippen LogP contribution in [0, 0.1) is 6.92 Å². The molecule has 2 heterocycles. The van der Waals surface area contributed by atoms with Crippen molar-refractivity contribution in [1.82, 2.24) is 9.88 Å². The molecule has 0 aliphatic carbocycles. The number of nitrogens with zero attached hydrogens (tertiary/aromatic N) is 3. The van der Waals surface area contributed by atoms with E-state index in [1.54, 1.807) is 0 Å². The summed E-state index contributed by atoms with van der Waals surface area (Å²) in [7, 11) is 0. The lowest BCUT2D eigenvalue weighted by atomic mass is 10.0. The first-order valence-corrected chi connectivity index (χ1v) is 7.08. The quantitative estimate of drug-likeness (QED) is 0.882. The van der Waals surface area contributed by atoms with E-state index in [1.165, 1.54) is 5.56 Å². The highest BCUT2D eigenvalue weighted by Gasteiger charge is 2.26. The van der Waals surface area contributed by atoms with Gasteiger partial charge in [-0.3, -0.25) is 4.90 Å². The van der Waals surface area contributed by atoms with Gasteiger partial charge in [-0.05, 0) is 45.4 Å². The van der Waals surface area contributed by atoms with E-state index >= 15 is 0 Å². The second-order valence-electron chi connectivity index (χ2n) is 6.32. The van der Waals surface area contributed by atoms with Crippen molar-refractivity contribution in [2.24, 2.45) is 5.73 Å². The number of aryl methyl sites for hydroxylation is 1. The molecule has 19 heavy (non-hydrogen) atoms. The molecular weight excluding hydrogens is 236 g/mol. The third kappa shape index (κ3) is 3.45. The van der Waals surface area contributed by atoms with Gasteiger partial charge in [0, 0.05) is 44.0 Å². The first kappa shape index (κ1) is 14.3. The smallest absolute Gasteiger partial charge is 0.129 e. The zero-order valence-electron chi connectivity index (χ0n) is 12.6. The fourth-order valence-corrected chi connectivity index (χ4v) is 2.61. The van der Waals surface area contributed by atoms with E-state index in [0.29, 0.717) is 6.54 Å². The molecule has 0 atom stereocenters. The lowest BCUT2D eigenvalue weighted by Crippen LogP contribution is -2.53. The number of hydrogen-bond acceptors (Lipinski definition) is 4. The lowest BCUT2D eigenvalue weighted by Gasteiger charge is -2.42. The Kier molecular flexibility index (Phi) is 4.11. The van der Waals surface area contributed by atoms with Gasteiger partial charge in [0.15, 0.2) is 0 Å². The van der Waals surface area contributed by atoms with Gasteiger partial charge in [-0.25, -0.2) is 4.98 Å². The minimum atomic E-state index is 0.258. The number of piperazine rings is 1. The van der Waals surface area contributed by atoms with Crippen LogP contribution in [-0.2, 0) is 6.54 Å². The molecule has 0 aromatic carbocycles. The normalized spacial score (nSPS) is 17.8. The van der Waals surface area contributed by atoms with Gasteiger partial charge in [0.25, 0.3) is 0 Å². The highest BCUT2D eigenvalue weighted by molar-refractivity contribution is 5.43. The highest BCUT2D eigenvalue weighted by atomic mass is 15.3. The first-order chi connectivity index (χ1) is 8.90. The Labute approximate surface area is 116 Å². The van der Waals surface area contributed by atoms with Gasteiger partial charge in [0.1, 0.15) is 5.82 Å². The number of anilines is 1. The van der Waals surface area contributed by atoms with E-state index in [0.717, 1.165) is 37.7 Å². The molecule has 2 N–H and O–H groups in total. The van der Waals surface area contributed by atoms with E-state index in [1.807, 2.05) is 6.92 Å². The fourth-order valence-electron chi connectivity index (χ4n) is 2.61. The Morgan fingerprint density at radius 3 is 2.32 bits per heavy atom. The molecule has 0 radical (unpaired) electrons. The Morgan fingerprint density at radius 1 is 1.16 bits per heavy atom. The summed E-state index contributed by atoms with van der Waals surface area (Å²) in [5.74, 6) is 1.08. The third-order valence-electron chi connectivity index (χ3n) is 3.79. The Hall–Kier alpha value is -1.13. The lowest BCUT2D eigenvalue weighted by molar-refractivity contribution is 0.128. The van der Waals surface area contributed by atoms with Crippen LogP contribution in [-0.4, -0.2) is 41.6 Å². The highest BCUT2D eigenvalue weighted by Crippen LogP contribution is 2.20. The summed E-state index contributed by atoms with van der Waals surface area (Å²) >= 11 is 0. The summed E-state index contributed by atoms with van der Waals surface area (Å²) in [5, 5.41) is 0. The van der Waals surface area contributed by atoms with E-state index in [2.05, 4.69) is 47.7 Å². The molecule has 4 nitrogen and oxygen atoms in total. The average Bonchev–Trinajstić information content (AvgIpc) is 2.37. The molecule has 2 rings (SSSR count). The maximum absolute atomic E-state index is 5.74. The third-order valence-corrected chi connectivity index (χ3v) is 3.79. The Balaban J connectivity index is 2.07. The minimum Gasteiger partial charge on any atom is -0.354 e. The molecule has 1 aromatic rings. The second-order valence-corrected chi connectivity index (χ2v) is 6.32. The summed E-state index contributed by atoms with van der Waals surface area (Å²) in [5.41, 5.74) is 8.22. The Morgan fingerprint density at radius 2 is 1.79 bits per heavy atom. The Bertz CT molecular complexity index is 428. The van der Waals surface area contributed by atoms with Crippen LogP contribution in [0.15, 0.2) is 12.1 Å². The topological polar surface area (TPSA) is 45.4 Å². The molecule has 106 valence electrons. The van der Waals surface area contributed by atoms with Crippen molar-refractivity contribution >= 4 is 5.82 Å². The van der Waals surface area contributed by atoms with E-state index in [4.69, 9.17) is 5.73 Å². The summed E-state index contributed by atoms with van der Waals surface area (Å²) in [6.45, 7) is 13.7. The molecule has 0 spiro atoms. The van der Waals surface area contributed by atoms with Crippen LogP contribution in [0.25, 0.3) is 0 Å². The summed E-state index contributed by atoms with van der Waals surface area (Å²) in [6.07, 6.45) is 0. The number of aromatic nitrogens is 1. The van der Waals surface area contributed by atoms with Crippen molar-refractivity contribution in [3.63, 3.8) is 0 Å². The maximum atomic E-state index is 5.74. The molecule has 1 fully saturated rings. The molecule has 0 amide bonds. The van der Waals surface area contributed by atoms with Crippen LogP contribution in [0.1, 0.15) is 32.0 Å². The molecule has 0 bridgehead atoms. The van der Waals surface area contributed by atoms with Crippen LogP contribution in [0.2, 0.25) is 0 Å². The minimum absolute atomic E-state index is 0.258. The number of rotatable bonds is 2. The van der Waals surface area contributed by atoms with Crippen molar-refractivity contribution in [3.8, 4) is 0 Å². The van der Waals surface area contributed by atoms with Gasteiger partial charge in [0.05, 0.1) is 0 Å². The van der Waals surface area contributed by atoms with Gasteiger partial charge in [-0.2, -0.15) is 0 Å². The molecule has 0 unspecified atom stereocenters. The van der Waals surface area contributed by atoms with Crippen molar-refractivity contribution in [1.29, 1.82) is 0 Å². The van der Waals surface area contributed by atoms with Crippen LogP contribution < -0.4 is 10.6 Å². The monoisotopic (exact) mass is 262 g/mol. The van der Waals surface area contributed by atoms with Crippen LogP contribution in [0.3, 0.4) is 0 Å². The van der Waals surface area contributed by atoms with E-state index < -0.39 is 0 Å². The molecule has 1 aliphatic heterocycles. The van der Waals surface area contributed by atoms with Crippen molar-refractivity contribution < 1.29 is 0 Å². The maximum Gasteiger partial charge on any atom is 0.129 e. The molecule has 1 aromatic heterocycles. The van der Waals surface area contributed by atoms with E-state index in [9.17, 15) is 0 Å². The predicted octanol–water partition coefficient (Wildman–Crippen LogP) is 1.77. The zero-order chi connectivity index (χ0) is 14.0. The SMILES string of the molecule is Cc1cc(CN)cc(N2CCN(C(C)(C)C)CC2)n1. The number of pyridine rings is 1. The summed E-state index contributed by atoms with van der Waals surface area (Å²) < 4.78 is 0. The van der Waals surface area contributed by atoms with Gasteiger partial charge in [-0.1, -0.05) is 0 Å². The number of nitrogens with two attached hydrogens (primary N) is 1. The molecule has 0 saturated carbocycles. The van der Waals surface area contributed by atoms with Gasteiger partial charge in [0.2, 0.25) is 0 Å². The molecule has 1 saturated heterocycles.